The number of fused-ring (bicyclic) bond motifs is 1. The van der Waals surface area contributed by atoms with Crippen molar-refractivity contribution in [3.05, 3.63) is 65.4 Å². The molecule has 1 atom stereocenters. The van der Waals surface area contributed by atoms with Crippen LogP contribution in [0.1, 0.15) is 89.3 Å². The maximum absolute atomic E-state index is 13.1. The van der Waals surface area contributed by atoms with Gasteiger partial charge in [-0.1, -0.05) is 84.9 Å². The van der Waals surface area contributed by atoms with Gasteiger partial charge in [0.15, 0.2) is 0 Å². The van der Waals surface area contributed by atoms with E-state index in [9.17, 15) is 4.79 Å². The topological polar surface area (TPSA) is 46.1 Å². The monoisotopic (exact) mass is 447 g/mol. The molecular formula is C29H41N3O. The van der Waals surface area contributed by atoms with Gasteiger partial charge in [-0.25, -0.2) is 4.79 Å². The molecule has 2 N–H and O–H groups in total. The SMILES string of the molecule is CC(C)c1cccc(C(C)C)c1NC(=O)NCC(CC(C)(C)C)c1cn(C)c2ccccc12. The zero-order chi connectivity index (χ0) is 24.3. The van der Waals surface area contributed by atoms with E-state index in [1.807, 2.05) is 0 Å². The van der Waals surface area contributed by atoms with Crippen LogP contribution in [0.5, 0.6) is 0 Å². The minimum Gasteiger partial charge on any atom is -0.350 e. The van der Waals surface area contributed by atoms with Crippen LogP contribution in [-0.4, -0.2) is 17.1 Å². The van der Waals surface area contributed by atoms with Gasteiger partial charge in [-0.15, -0.1) is 0 Å². The van der Waals surface area contributed by atoms with E-state index in [1.54, 1.807) is 0 Å². The number of para-hydroxylation sites is 2. The standard InChI is InChI=1S/C29H41N3O/c1-19(2)22-13-11-14-23(20(3)4)27(22)31-28(33)30-17-21(16-29(5,6)7)25-18-32(8)26-15-10-9-12-24(25)26/h9-15,18-21H,16-17H2,1-8H3,(H2,30,31,33). The molecule has 2 amide bonds. The highest BCUT2D eigenvalue weighted by Crippen LogP contribution is 2.36. The van der Waals surface area contributed by atoms with Crippen LogP contribution in [0.25, 0.3) is 10.9 Å². The first kappa shape index (κ1) is 24.9. The molecule has 0 aliphatic carbocycles. The van der Waals surface area contributed by atoms with Crippen LogP contribution in [0.3, 0.4) is 0 Å². The third kappa shape index (κ3) is 5.98. The summed E-state index contributed by atoms with van der Waals surface area (Å²) in [6.07, 6.45) is 3.21. The van der Waals surface area contributed by atoms with E-state index in [2.05, 4.69) is 119 Å². The first-order valence-corrected chi connectivity index (χ1v) is 12.2. The molecule has 4 nitrogen and oxygen atoms in total. The molecule has 4 heteroatoms. The summed E-state index contributed by atoms with van der Waals surface area (Å²) in [6.45, 7) is 16.1. The molecule has 1 unspecified atom stereocenters. The molecule has 1 aromatic heterocycles. The first-order valence-electron chi connectivity index (χ1n) is 12.2. The Morgan fingerprint density at radius 3 is 2.09 bits per heavy atom. The number of hydrogen-bond acceptors (Lipinski definition) is 1. The normalized spacial score (nSPS) is 13.0. The Balaban J connectivity index is 1.84. The van der Waals surface area contributed by atoms with Crippen molar-refractivity contribution < 1.29 is 4.79 Å². The highest BCUT2D eigenvalue weighted by Gasteiger charge is 2.24. The second-order valence-electron chi connectivity index (χ2n) is 11.1. The molecule has 0 aliphatic rings. The summed E-state index contributed by atoms with van der Waals surface area (Å²) in [5.74, 6) is 0.901. The summed E-state index contributed by atoms with van der Waals surface area (Å²) in [6, 6.07) is 14.7. The fourth-order valence-electron chi connectivity index (χ4n) is 4.80. The quantitative estimate of drug-likeness (QED) is 0.382. The van der Waals surface area contributed by atoms with E-state index < -0.39 is 0 Å². The number of aromatic nitrogens is 1. The van der Waals surface area contributed by atoms with Crippen molar-refractivity contribution >= 4 is 22.6 Å². The van der Waals surface area contributed by atoms with Gasteiger partial charge in [-0.3, -0.25) is 0 Å². The lowest BCUT2D eigenvalue weighted by atomic mass is 9.81. The summed E-state index contributed by atoms with van der Waals surface area (Å²) in [5.41, 5.74) is 5.98. The van der Waals surface area contributed by atoms with E-state index in [0.717, 1.165) is 12.1 Å². The van der Waals surface area contributed by atoms with Crippen LogP contribution in [0.2, 0.25) is 0 Å². The van der Waals surface area contributed by atoms with Gasteiger partial charge in [0.25, 0.3) is 0 Å². The maximum Gasteiger partial charge on any atom is 0.319 e. The third-order valence-corrected chi connectivity index (χ3v) is 6.35. The van der Waals surface area contributed by atoms with Crippen molar-refractivity contribution in [2.75, 3.05) is 11.9 Å². The predicted molar refractivity (Wildman–Crippen MR) is 141 cm³/mol. The van der Waals surface area contributed by atoms with E-state index in [1.165, 1.54) is 27.6 Å². The molecule has 33 heavy (non-hydrogen) atoms. The van der Waals surface area contributed by atoms with Crippen LogP contribution >= 0.6 is 0 Å². The number of nitrogens with one attached hydrogen (secondary N) is 2. The Kier molecular flexibility index (Phi) is 7.56. The van der Waals surface area contributed by atoms with Crippen molar-refractivity contribution in [1.82, 2.24) is 9.88 Å². The molecule has 0 saturated heterocycles. The zero-order valence-corrected chi connectivity index (χ0v) is 21.6. The number of rotatable bonds is 7. The van der Waals surface area contributed by atoms with Crippen molar-refractivity contribution in [3.63, 3.8) is 0 Å². The van der Waals surface area contributed by atoms with Gasteiger partial charge >= 0.3 is 6.03 Å². The van der Waals surface area contributed by atoms with Gasteiger partial charge in [-0.05, 0) is 46.4 Å². The largest absolute Gasteiger partial charge is 0.350 e. The zero-order valence-electron chi connectivity index (χ0n) is 21.6. The summed E-state index contributed by atoms with van der Waals surface area (Å²) >= 11 is 0. The number of hydrogen-bond donors (Lipinski definition) is 2. The Morgan fingerprint density at radius 1 is 0.909 bits per heavy atom. The van der Waals surface area contributed by atoms with E-state index in [-0.39, 0.29) is 17.4 Å². The molecule has 178 valence electrons. The van der Waals surface area contributed by atoms with Crippen molar-refractivity contribution in [2.45, 2.75) is 72.6 Å². The lowest BCUT2D eigenvalue weighted by Gasteiger charge is -2.27. The van der Waals surface area contributed by atoms with Crippen LogP contribution in [-0.2, 0) is 7.05 Å². The molecule has 0 fully saturated rings. The van der Waals surface area contributed by atoms with Gasteiger partial charge in [0.1, 0.15) is 0 Å². The molecule has 0 saturated carbocycles. The summed E-state index contributed by atoms with van der Waals surface area (Å²) in [4.78, 5) is 13.1. The third-order valence-electron chi connectivity index (χ3n) is 6.35. The maximum atomic E-state index is 13.1. The van der Waals surface area contributed by atoms with Crippen molar-refractivity contribution in [3.8, 4) is 0 Å². The van der Waals surface area contributed by atoms with Gasteiger partial charge in [-0.2, -0.15) is 0 Å². The Morgan fingerprint density at radius 2 is 1.52 bits per heavy atom. The number of carbonyl (C=O) groups excluding carboxylic acids is 1. The number of anilines is 1. The fraction of sp³-hybridized carbons (Fsp3) is 0.483. The van der Waals surface area contributed by atoms with E-state index in [0.29, 0.717) is 18.4 Å². The highest BCUT2D eigenvalue weighted by atomic mass is 16.2. The second-order valence-corrected chi connectivity index (χ2v) is 11.1. The van der Waals surface area contributed by atoms with Gasteiger partial charge in [0.2, 0.25) is 0 Å². The van der Waals surface area contributed by atoms with E-state index >= 15 is 0 Å². The number of benzene rings is 2. The minimum absolute atomic E-state index is 0.135. The van der Waals surface area contributed by atoms with Crippen LogP contribution in [0.15, 0.2) is 48.7 Å². The van der Waals surface area contributed by atoms with E-state index in [4.69, 9.17) is 0 Å². The van der Waals surface area contributed by atoms with Gasteiger partial charge < -0.3 is 15.2 Å². The lowest BCUT2D eigenvalue weighted by molar-refractivity contribution is 0.249. The highest BCUT2D eigenvalue weighted by molar-refractivity contribution is 5.91. The lowest BCUT2D eigenvalue weighted by Crippen LogP contribution is -2.34. The van der Waals surface area contributed by atoms with Crippen molar-refractivity contribution in [1.29, 1.82) is 0 Å². The van der Waals surface area contributed by atoms with Gasteiger partial charge in [0, 0.05) is 42.3 Å². The molecule has 3 rings (SSSR count). The first-order chi connectivity index (χ1) is 15.5. The molecular weight excluding hydrogens is 406 g/mol. The number of aryl methyl sites for hydroxylation is 1. The summed E-state index contributed by atoms with van der Waals surface area (Å²) < 4.78 is 2.19. The number of carbonyl (C=O) groups is 1. The smallest absolute Gasteiger partial charge is 0.319 e. The molecule has 0 spiro atoms. The average Bonchev–Trinajstić information content (AvgIpc) is 3.07. The Hall–Kier alpha value is -2.75. The summed E-state index contributed by atoms with van der Waals surface area (Å²) in [5, 5.41) is 7.67. The fourth-order valence-corrected chi connectivity index (χ4v) is 4.80. The minimum atomic E-state index is -0.135. The number of urea groups is 1. The van der Waals surface area contributed by atoms with Crippen LogP contribution in [0, 0.1) is 5.41 Å². The molecule has 1 heterocycles. The molecule has 2 aromatic carbocycles. The summed E-state index contributed by atoms with van der Waals surface area (Å²) in [7, 11) is 2.09. The predicted octanol–water partition coefficient (Wildman–Crippen LogP) is 7.77. The van der Waals surface area contributed by atoms with Crippen LogP contribution < -0.4 is 10.6 Å². The molecule has 0 radical (unpaired) electrons. The van der Waals surface area contributed by atoms with Gasteiger partial charge in [0.05, 0.1) is 0 Å². The molecule has 0 bridgehead atoms. The number of nitrogens with zero attached hydrogens (tertiary/aromatic N) is 1. The molecule has 3 aromatic rings. The second kappa shape index (κ2) is 10.0. The van der Waals surface area contributed by atoms with Crippen LogP contribution in [0.4, 0.5) is 10.5 Å². The Bertz CT molecular complexity index is 1080. The number of amides is 2. The molecule has 0 aliphatic heterocycles. The van der Waals surface area contributed by atoms with Crippen molar-refractivity contribution in [2.24, 2.45) is 12.5 Å². The average molecular weight is 448 g/mol. The Labute approximate surface area is 199 Å².